The predicted molar refractivity (Wildman–Crippen MR) is 194 cm³/mol. The van der Waals surface area contributed by atoms with E-state index in [0.29, 0.717) is 0 Å². The highest BCUT2D eigenvalue weighted by atomic mass is 16.6. The third-order valence-corrected chi connectivity index (χ3v) is 8.22. The summed E-state index contributed by atoms with van der Waals surface area (Å²) in [6.07, 6.45) is -5.49. The van der Waals surface area contributed by atoms with Crippen LogP contribution >= 0.6 is 0 Å². The van der Waals surface area contributed by atoms with Crippen LogP contribution in [0.5, 0.6) is 34.5 Å². The Balaban J connectivity index is 1.69. The molecule has 3 unspecified atom stereocenters. The van der Waals surface area contributed by atoms with Gasteiger partial charge in [-0.15, -0.1) is 0 Å². The van der Waals surface area contributed by atoms with Gasteiger partial charge in [0.15, 0.2) is 52.6 Å². The van der Waals surface area contributed by atoms with Crippen molar-refractivity contribution in [1.82, 2.24) is 16.0 Å². The Morgan fingerprint density at radius 1 is 0.569 bits per heavy atom. The van der Waals surface area contributed by atoms with Gasteiger partial charge < -0.3 is 71.0 Å². The van der Waals surface area contributed by atoms with Crippen LogP contribution in [0.3, 0.4) is 0 Å². The number of carbonyl (C=O) groups is 7. The molecule has 3 rings (SSSR count). The molecule has 0 aliphatic heterocycles. The van der Waals surface area contributed by atoms with Gasteiger partial charge in [-0.1, -0.05) is 18.2 Å². The molecule has 0 saturated carbocycles. The minimum atomic E-state index is -1.98. The molecule has 21 nitrogen and oxygen atoms in total. The standard InChI is InChI=1S/C37H41N3O18/c1-16(41)26(38-32(49)19-8-4-11-22(42)29(19)46)36(54)56-15-7-14-25(45)57-18(3)28(40-34(51)21-10-6-13-24(44)31(21)48)37(55)58-17(2)27(35(52)53)39-33(50)20-9-5-12-23(43)30(20)47/h4-6,8-13,16-18,26-28,41-44,46-48H,7,14-15H2,1-3H3,(H,38,49)(H,39,50)(H,40,51)(H,52,53)/t16?,17?,18?,26-,27-,28-/m1/s1. The van der Waals surface area contributed by atoms with Crippen molar-refractivity contribution in [2.75, 3.05) is 6.61 Å². The highest BCUT2D eigenvalue weighted by molar-refractivity contribution is 6.01. The Kier molecular flexibility index (Phi) is 15.6. The molecule has 3 aromatic carbocycles. The minimum absolute atomic E-state index is 0.213. The summed E-state index contributed by atoms with van der Waals surface area (Å²) in [5, 5.41) is 85.6. The number of nitrogens with one attached hydrogen (secondary N) is 3. The number of amides is 3. The summed E-state index contributed by atoms with van der Waals surface area (Å²) in [6.45, 7) is 2.90. The second-order valence-electron chi connectivity index (χ2n) is 12.6. The molecule has 6 atom stereocenters. The van der Waals surface area contributed by atoms with Gasteiger partial charge in [-0.05, 0) is 63.6 Å². The number of aliphatic hydroxyl groups is 1. The Bertz CT molecular complexity index is 2040. The average molecular weight is 816 g/mol. The predicted octanol–water partition coefficient (Wildman–Crippen LogP) is 0.268. The van der Waals surface area contributed by atoms with Gasteiger partial charge in [-0.2, -0.15) is 0 Å². The van der Waals surface area contributed by atoms with Crippen LogP contribution in [-0.2, 0) is 33.4 Å². The number of aliphatic hydroxyl groups excluding tert-OH is 1. The fourth-order valence-electron chi connectivity index (χ4n) is 5.06. The van der Waals surface area contributed by atoms with Gasteiger partial charge in [0.1, 0.15) is 12.2 Å². The van der Waals surface area contributed by atoms with E-state index in [1.807, 2.05) is 5.32 Å². The molecule has 0 heterocycles. The van der Waals surface area contributed by atoms with E-state index >= 15 is 0 Å². The van der Waals surface area contributed by atoms with Gasteiger partial charge in [0.2, 0.25) is 0 Å². The van der Waals surface area contributed by atoms with Crippen LogP contribution in [0, 0.1) is 0 Å². The molecule has 312 valence electrons. The number of aromatic hydroxyl groups is 6. The first-order chi connectivity index (χ1) is 27.2. The van der Waals surface area contributed by atoms with Crippen LogP contribution in [0.2, 0.25) is 0 Å². The van der Waals surface area contributed by atoms with Crippen molar-refractivity contribution in [3.8, 4) is 34.5 Å². The van der Waals surface area contributed by atoms with Gasteiger partial charge in [0.25, 0.3) is 17.7 Å². The number of carboxylic acids is 1. The first-order valence-electron chi connectivity index (χ1n) is 17.2. The Morgan fingerprint density at radius 2 is 0.966 bits per heavy atom. The molecule has 0 radical (unpaired) electrons. The number of aliphatic carboxylic acids is 1. The molecule has 21 heteroatoms. The maximum Gasteiger partial charge on any atom is 0.332 e. The van der Waals surface area contributed by atoms with Crippen LogP contribution in [0.15, 0.2) is 54.6 Å². The molecule has 0 spiro atoms. The van der Waals surface area contributed by atoms with E-state index in [9.17, 15) is 74.4 Å². The van der Waals surface area contributed by atoms with Crippen molar-refractivity contribution < 1.29 is 88.6 Å². The Labute approximate surface area is 328 Å². The van der Waals surface area contributed by atoms with E-state index < -0.39 is 142 Å². The maximum absolute atomic E-state index is 13.5. The maximum atomic E-state index is 13.5. The van der Waals surface area contributed by atoms with E-state index in [-0.39, 0.29) is 6.42 Å². The zero-order chi connectivity index (χ0) is 43.4. The lowest BCUT2D eigenvalue weighted by Gasteiger charge is -2.27. The summed E-state index contributed by atoms with van der Waals surface area (Å²) in [5.74, 6) is -13.1. The third kappa shape index (κ3) is 11.6. The van der Waals surface area contributed by atoms with Gasteiger partial charge in [-0.25, -0.2) is 14.4 Å². The average Bonchev–Trinajstić information content (AvgIpc) is 3.15. The van der Waals surface area contributed by atoms with Crippen molar-refractivity contribution in [1.29, 1.82) is 0 Å². The summed E-state index contributed by atoms with van der Waals surface area (Å²) >= 11 is 0. The molecule has 0 fully saturated rings. The van der Waals surface area contributed by atoms with E-state index in [1.54, 1.807) is 0 Å². The van der Waals surface area contributed by atoms with Crippen molar-refractivity contribution in [2.45, 2.75) is 70.1 Å². The Hall–Kier alpha value is -7.29. The first kappa shape index (κ1) is 45.1. The quantitative estimate of drug-likeness (QED) is 0.0355. The minimum Gasteiger partial charge on any atom is -0.504 e. The molecule has 0 aliphatic carbocycles. The summed E-state index contributed by atoms with van der Waals surface area (Å²) in [7, 11) is 0. The van der Waals surface area contributed by atoms with Crippen LogP contribution < -0.4 is 16.0 Å². The molecule has 3 amide bonds. The van der Waals surface area contributed by atoms with E-state index in [0.717, 1.165) is 57.2 Å². The van der Waals surface area contributed by atoms with E-state index in [2.05, 4.69) is 10.6 Å². The number of phenolic OH excluding ortho intramolecular Hbond substituents is 6. The fraction of sp³-hybridized carbons (Fsp3) is 0.324. The number of hydrogen-bond donors (Lipinski definition) is 11. The summed E-state index contributed by atoms with van der Waals surface area (Å²) in [6, 6.07) is 4.61. The molecule has 58 heavy (non-hydrogen) atoms. The lowest BCUT2D eigenvalue weighted by molar-refractivity contribution is -0.163. The summed E-state index contributed by atoms with van der Waals surface area (Å²) in [5.41, 5.74) is -1.45. The number of benzene rings is 3. The molecule has 0 aromatic heterocycles. The summed E-state index contributed by atoms with van der Waals surface area (Å²) < 4.78 is 15.6. The molecule has 0 saturated heterocycles. The van der Waals surface area contributed by atoms with Crippen LogP contribution in [0.1, 0.15) is 64.7 Å². The van der Waals surface area contributed by atoms with Gasteiger partial charge in [0.05, 0.1) is 29.4 Å². The van der Waals surface area contributed by atoms with Crippen LogP contribution in [0.25, 0.3) is 0 Å². The van der Waals surface area contributed by atoms with Crippen molar-refractivity contribution in [2.24, 2.45) is 0 Å². The third-order valence-electron chi connectivity index (χ3n) is 8.22. The van der Waals surface area contributed by atoms with Crippen molar-refractivity contribution in [3.63, 3.8) is 0 Å². The zero-order valence-corrected chi connectivity index (χ0v) is 30.9. The second-order valence-corrected chi connectivity index (χ2v) is 12.6. The van der Waals surface area contributed by atoms with Crippen LogP contribution in [-0.4, -0.2) is 125 Å². The summed E-state index contributed by atoms with van der Waals surface area (Å²) in [4.78, 5) is 89.5. The molecule has 3 aromatic rings. The highest BCUT2D eigenvalue weighted by Gasteiger charge is 2.37. The normalized spacial score (nSPS) is 13.9. The molecular formula is C37H41N3O18. The fourth-order valence-corrected chi connectivity index (χ4v) is 5.06. The number of hydrogen-bond acceptors (Lipinski definition) is 17. The van der Waals surface area contributed by atoms with Crippen molar-refractivity contribution >= 4 is 41.6 Å². The smallest absolute Gasteiger partial charge is 0.332 e. The number of carbonyl (C=O) groups excluding carboxylic acids is 6. The van der Waals surface area contributed by atoms with Crippen molar-refractivity contribution in [3.05, 3.63) is 71.3 Å². The molecule has 0 aliphatic rings. The van der Waals surface area contributed by atoms with Gasteiger partial charge in [0, 0.05) is 6.42 Å². The van der Waals surface area contributed by atoms with E-state index in [4.69, 9.17) is 14.2 Å². The van der Waals surface area contributed by atoms with E-state index in [1.165, 1.54) is 18.2 Å². The zero-order valence-electron chi connectivity index (χ0n) is 30.9. The monoisotopic (exact) mass is 815 g/mol. The largest absolute Gasteiger partial charge is 0.504 e. The number of phenols is 6. The number of para-hydroxylation sites is 3. The topological polar surface area (TPSA) is 345 Å². The number of carboxylic acid groups (broad SMARTS) is 1. The number of rotatable bonds is 18. The lowest BCUT2D eigenvalue weighted by atomic mass is 10.1. The van der Waals surface area contributed by atoms with Crippen LogP contribution in [0.4, 0.5) is 0 Å². The number of ether oxygens (including phenoxy) is 3. The number of esters is 3. The molecule has 11 N–H and O–H groups in total. The SMILES string of the molecule is CC(O)[C@@H](NC(=O)c1cccc(O)c1O)C(=O)OCCCC(=O)OC(C)[C@@H](NC(=O)c1cccc(O)c1O)C(=O)OC(C)[C@@H](NC(=O)c1cccc(O)c1O)C(=O)O. The highest BCUT2D eigenvalue weighted by Crippen LogP contribution is 2.30. The second kappa shape index (κ2) is 20.0. The lowest BCUT2D eigenvalue weighted by Crippen LogP contribution is -2.54. The Morgan fingerprint density at radius 3 is 1.38 bits per heavy atom. The van der Waals surface area contributed by atoms with Gasteiger partial charge >= 0.3 is 23.9 Å². The first-order valence-corrected chi connectivity index (χ1v) is 17.2. The molecule has 0 bridgehead atoms. The molecular weight excluding hydrogens is 774 g/mol. The van der Waals surface area contributed by atoms with Gasteiger partial charge in [-0.3, -0.25) is 19.2 Å².